The molecule has 2 aromatic rings. The maximum Gasteiger partial charge on any atom is 0.355 e. The molecule has 4 heteroatoms. The van der Waals surface area contributed by atoms with Gasteiger partial charge >= 0.3 is 5.97 Å². The van der Waals surface area contributed by atoms with Gasteiger partial charge in [0.05, 0.1) is 0 Å². The third-order valence-corrected chi connectivity index (χ3v) is 2.97. The highest BCUT2D eigenvalue weighted by Crippen LogP contribution is 2.23. The first-order valence-electron chi connectivity index (χ1n) is 6.61. The van der Waals surface area contributed by atoms with Crippen molar-refractivity contribution in [1.29, 1.82) is 0 Å². The third-order valence-electron chi connectivity index (χ3n) is 2.97. The van der Waals surface area contributed by atoms with Gasteiger partial charge in [0.2, 0.25) is 5.60 Å². The molecule has 0 saturated heterocycles. The van der Waals surface area contributed by atoms with E-state index in [-0.39, 0.29) is 5.82 Å². The largest absolute Gasteiger partial charge is 0.476 e. The van der Waals surface area contributed by atoms with E-state index in [0.717, 1.165) is 5.56 Å². The number of hydrogen-bond donors (Lipinski definition) is 0. The number of rotatable bonds is 4. The Morgan fingerprint density at radius 3 is 2.29 bits per heavy atom. The Kier molecular flexibility index (Phi) is 4.26. The number of carbonyl (C=O) groups is 1. The summed E-state index contributed by atoms with van der Waals surface area (Å²) in [5, 5.41) is 0. The van der Waals surface area contributed by atoms with E-state index in [4.69, 9.17) is 9.47 Å². The van der Waals surface area contributed by atoms with Crippen molar-refractivity contribution in [2.45, 2.75) is 26.4 Å². The van der Waals surface area contributed by atoms with Crippen LogP contribution in [0.2, 0.25) is 0 Å². The van der Waals surface area contributed by atoms with Crippen LogP contribution in [-0.2, 0) is 4.79 Å². The van der Waals surface area contributed by atoms with Gasteiger partial charge in [0.15, 0.2) is 0 Å². The van der Waals surface area contributed by atoms with Gasteiger partial charge in [0.1, 0.15) is 17.3 Å². The first-order chi connectivity index (χ1) is 9.88. The molecule has 0 atom stereocenters. The summed E-state index contributed by atoms with van der Waals surface area (Å²) in [5.74, 6) is 0.0326. The van der Waals surface area contributed by atoms with Gasteiger partial charge in [-0.3, -0.25) is 0 Å². The minimum atomic E-state index is -1.18. The molecule has 2 rings (SSSR count). The second-order valence-electron chi connectivity index (χ2n) is 5.22. The summed E-state index contributed by atoms with van der Waals surface area (Å²) >= 11 is 0. The van der Waals surface area contributed by atoms with Gasteiger partial charge in [0, 0.05) is 0 Å². The lowest BCUT2D eigenvalue weighted by atomic mass is 10.1. The van der Waals surface area contributed by atoms with Crippen LogP contribution in [0.25, 0.3) is 0 Å². The van der Waals surface area contributed by atoms with Crippen LogP contribution in [0.4, 0.5) is 4.39 Å². The number of esters is 1. The number of ether oxygens (including phenoxy) is 2. The Balaban J connectivity index is 2.10. The van der Waals surface area contributed by atoms with E-state index in [9.17, 15) is 9.18 Å². The Morgan fingerprint density at radius 1 is 1.05 bits per heavy atom. The molecule has 0 spiro atoms. The van der Waals surface area contributed by atoms with Crippen LogP contribution in [0.5, 0.6) is 11.5 Å². The Bertz CT molecular complexity index is 633. The highest BCUT2D eigenvalue weighted by atomic mass is 19.1. The molecular weight excluding hydrogens is 271 g/mol. The van der Waals surface area contributed by atoms with Gasteiger partial charge in [-0.25, -0.2) is 9.18 Å². The van der Waals surface area contributed by atoms with E-state index in [2.05, 4.69) is 0 Å². The van der Waals surface area contributed by atoms with Crippen molar-refractivity contribution < 1.29 is 18.7 Å². The summed E-state index contributed by atoms with van der Waals surface area (Å²) in [4.78, 5) is 12.2. The predicted octanol–water partition coefficient (Wildman–Crippen LogP) is 3.90. The average molecular weight is 288 g/mol. The van der Waals surface area contributed by atoms with E-state index < -0.39 is 11.6 Å². The van der Waals surface area contributed by atoms with E-state index in [0.29, 0.717) is 11.5 Å². The van der Waals surface area contributed by atoms with Crippen molar-refractivity contribution in [1.82, 2.24) is 0 Å². The third kappa shape index (κ3) is 3.81. The second-order valence-corrected chi connectivity index (χ2v) is 5.22. The van der Waals surface area contributed by atoms with Gasteiger partial charge in [-0.2, -0.15) is 0 Å². The average Bonchev–Trinajstić information content (AvgIpc) is 2.43. The van der Waals surface area contributed by atoms with Gasteiger partial charge in [-0.05, 0) is 56.7 Å². The van der Waals surface area contributed by atoms with Crippen LogP contribution in [0.1, 0.15) is 19.4 Å². The Labute approximate surface area is 123 Å². The zero-order valence-electron chi connectivity index (χ0n) is 12.2. The molecule has 0 aliphatic rings. The molecule has 0 unspecified atom stereocenters. The van der Waals surface area contributed by atoms with Gasteiger partial charge in [0.25, 0.3) is 0 Å². The fraction of sp³-hybridized carbons (Fsp3) is 0.235. The summed E-state index contributed by atoms with van der Waals surface area (Å²) in [6.45, 7) is 5.07. The maximum atomic E-state index is 12.9. The number of para-hydroxylation sites is 1. The standard InChI is InChI=1S/C17H17FO3/c1-12-6-4-5-7-15(12)20-16(19)17(2,3)21-14-10-8-13(18)9-11-14/h4-11H,1-3H3. The molecule has 0 fully saturated rings. The summed E-state index contributed by atoms with van der Waals surface area (Å²) in [7, 11) is 0. The minimum Gasteiger partial charge on any atom is -0.476 e. The number of carbonyl (C=O) groups excluding carboxylic acids is 1. The second kappa shape index (κ2) is 5.95. The van der Waals surface area contributed by atoms with Gasteiger partial charge in [-0.15, -0.1) is 0 Å². The van der Waals surface area contributed by atoms with E-state index in [1.807, 2.05) is 19.1 Å². The van der Waals surface area contributed by atoms with Crippen LogP contribution in [0, 0.1) is 12.7 Å². The van der Waals surface area contributed by atoms with Crippen molar-refractivity contribution >= 4 is 5.97 Å². The molecule has 0 aliphatic carbocycles. The molecule has 0 radical (unpaired) electrons. The van der Waals surface area contributed by atoms with Crippen LogP contribution in [-0.4, -0.2) is 11.6 Å². The first kappa shape index (κ1) is 15.0. The minimum absolute atomic E-state index is 0.359. The molecule has 0 bridgehead atoms. The molecule has 0 N–H and O–H groups in total. The highest BCUT2D eigenvalue weighted by molar-refractivity contribution is 5.81. The molecule has 3 nitrogen and oxygen atoms in total. The molecule has 2 aromatic carbocycles. The number of hydrogen-bond acceptors (Lipinski definition) is 3. The van der Waals surface area contributed by atoms with Crippen LogP contribution in [0.15, 0.2) is 48.5 Å². The van der Waals surface area contributed by atoms with Crippen molar-refractivity contribution in [3.05, 3.63) is 59.9 Å². The summed E-state index contributed by atoms with van der Waals surface area (Å²) in [6.07, 6.45) is 0. The van der Waals surface area contributed by atoms with Gasteiger partial charge in [-0.1, -0.05) is 18.2 Å². The quantitative estimate of drug-likeness (QED) is 0.632. The Morgan fingerprint density at radius 2 is 1.67 bits per heavy atom. The number of benzene rings is 2. The van der Waals surface area contributed by atoms with Crippen molar-refractivity contribution in [2.75, 3.05) is 0 Å². The van der Waals surface area contributed by atoms with Crippen molar-refractivity contribution in [3.8, 4) is 11.5 Å². The topological polar surface area (TPSA) is 35.5 Å². The molecule has 110 valence electrons. The Hall–Kier alpha value is -2.36. The fourth-order valence-corrected chi connectivity index (χ4v) is 1.73. The number of halogens is 1. The molecule has 0 saturated carbocycles. The lowest BCUT2D eigenvalue weighted by molar-refractivity contribution is -0.149. The summed E-state index contributed by atoms with van der Waals surface area (Å²) < 4.78 is 23.8. The molecule has 0 aliphatic heterocycles. The fourth-order valence-electron chi connectivity index (χ4n) is 1.73. The lowest BCUT2D eigenvalue weighted by Crippen LogP contribution is -2.41. The van der Waals surface area contributed by atoms with E-state index >= 15 is 0 Å². The lowest BCUT2D eigenvalue weighted by Gasteiger charge is -2.24. The van der Waals surface area contributed by atoms with Crippen LogP contribution < -0.4 is 9.47 Å². The van der Waals surface area contributed by atoms with Crippen LogP contribution >= 0.6 is 0 Å². The monoisotopic (exact) mass is 288 g/mol. The molecule has 0 heterocycles. The highest BCUT2D eigenvalue weighted by Gasteiger charge is 2.32. The molecular formula is C17H17FO3. The maximum absolute atomic E-state index is 12.9. The van der Waals surface area contributed by atoms with Crippen molar-refractivity contribution in [3.63, 3.8) is 0 Å². The summed E-state index contributed by atoms with van der Waals surface area (Å²) in [5.41, 5.74) is -0.316. The predicted molar refractivity (Wildman–Crippen MR) is 77.9 cm³/mol. The smallest absolute Gasteiger partial charge is 0.355 e. The molecule has 0 amide bonds. The molecule has 0 aromatic heterocycles. The van der Waals surface area contributed by atoms with Gasteiger partial charge < -0.3 is 9.47 Å². The van der Waals surface area contributed by atoms with Crippen LogP contribution in [0.3, 0.4) is 0 Å². The summed E-state index contributed by atoms with van der Waals surface area (Å²) in [6, 6.07) is 12.7. The first-order valence-corrected chi connectivity index (χ1v) is 6.61. The molecule has 21 heavy (non-hydrogen) atoms. The zero-order chi connectivity index (χ0) is 15.5. The SMILES string of the molecule is Cc1ccccc1OC(=O)C(C)(C)Oc1ccc(F)cc1. The zero-order valence-corrected chi connectivity index (χ0v) is 12.2. The van der Waals surface area contributed by atoms with E-state index in [1.54, 1.807) is 26.0 Å². The normalized spacial score (nSPS) is 11.0. The van der Waals surface area contributed by atoms with E-state index in [1.165, 1.54) is 24.3 Å². The van der Waals surface area contributed by atoms with Crippen molar-refractivity contribution in [2.24, 2.45) is 0 Å². The number of aryl methyl sites for hydroxylation is 1.